The first-order valence-electron chi connectivity index (χ1n) is 9.07. The summed E-state index contributed by atoms with van der Waals surface area (Å²) in [5.74, 6) is 1.84. The molecular weight excluding hydrogens is 370 g/mol. The van der Waals surface area contributed by atoms with Crippen molar-refractivity contribution in [3.05, 3.63) is 72.1 Å². The van der Waals surface area contributed by atoms with Crippen molar-refractivity contribution in [1.82, 2.24) is 4.98 Å². The largest absolute Gasteiger partial charge is 0.497 e. The Bertz CT molecular complexity index is 1040. The second-order valence-corrected chi connectivity index (χ2v) is 6.43. The fraction of sp³-hybridized carbons (Fsp3) is 0.182. The summed E-state index contributed by atoms with van der Waals surface area (Å²) in [7, 11) is 4.78. The van der Waals surface area contributed by atoms with E-state index in [1.165, 1.54) is 0 Å². The number of rotatable bonds is 6. The number of amides is 1. The number of nitrogens with zero attached hydrogens (tertiary/aromatic N) is 2. The summed E-state index contributed by atoms with van der Waals surface area (Å²) in [5.41, 5.74) is 2.76. The Hall–Kier alpha value is -3.74. The molecule has 0 radical (unpaired) electrons. The molecule has 0 bridgehead atoms. The molecule has 0 saturated heterocycles. The van der Waals surface area contributed by atoms with Crippen LogP contribution in [0, 0.1) is 0 Å². The van der Waals surface area contributed by atoms with Crippen molar-refractivity contribution in [3.8, 4) is 17.2 Å². The third-order valence-electron chi connectivity index (χ3n) is 4.84. The smallest absolute Gasteiger partial charge is 0.262 e. The molecule has 29 heavy (non-hydrogen) atoms. The Morgan fingerprint density at radius 3 is 2.38 bits per heavy atom. The number of fused-ring (bicyclic) bond motifs is 1. The van der Waals surface area contributed by atoms with Crippen LogP contribution in [-0.4, -0.2) is 32.2 Å². The van der Waals surface area contributed by atoms with Gasteiger partial charge >= 0.3 is 0 Å². The summed E-state index contributed by atoms with van der Waals surface area (Å²) in [6, 6.07) is 16.4. The normalized spacial score (nSPS) is 15.1. The number of nitrogens with one attached hydrogen (secondary N) is 1. The molecule has 148 valence electrons. The van der Waals surface area contributed by atoms with Crippen LogP contribution in [0.5, 0.6) is 17.2 Å². The van der Waals surface area contributed by atoms with Gasteiger partial charge in [0.15, 0.2) is 17.7 Å². The van der Waals surface area contributed by atoms with E-state index in [0.29, 0.717) is 22.8 Å². The van der Waals surface area contributed by atoms with E-state index < -0.39 is 6.17 Å². The molecule has 7 heteroatoms. The Morgan fingerprint density at radius 2 is 1.69 bits per heavy atom. The molecular formula is C22H21N3O4. The fourth-order valence-electron chi connectivity index (χ4n) is 3.41. The highest BCUT2D eigenvalue weighted by molar-refractivity contribution is 6.11. The van der Waals surface area contributed by atoms with Gasteiger partial charge in [-0.3, -0.25) is 14.7 Å². The summed E-state index contributed by atoms with van der Waals surface area (Å²) >= 11 is 0. The number of hydrogen-bond donors (Lipinski definition) is 1. The number of pyridine rings is 1. The summed E-state index contributed by atoms with van der Waals surface area (Å²) in [4.78, 5) is 19.3. The van der Waals surface area contributed by atoms with Crippen LogP contribution >= 0.6 is 0 Å². The van der Waals surface area contributed by atoms with Gasteiger partial charge in [-0.25, -0.2) is 0 Å². The SMILES string of the molecule is COc1ccc(N2C(=O)c3cccnc3C2Nc2ccc(OC)c(OC)c2)cc1. The van der Waals surface area contributed by atoms with Crippen molar-refractivity contribution in [2.75, 3.05) is 31.5 Å². The summed E-state index contributed by atoms with van der Waals surface area (Å²) in [6.07, 6.45) is 1.22. The lowest BCUT2D eigenvalue weighted by molar-refractivity contribution is 0.0993. The molecule has 1 aromatic heterocycles. The first-order valence-corrected chi connectivity index (χ1v) is 9.07. The number of methoxy groups -OCH3 is 3. The van der Waals surface area contributed by atoms with Gasteiger partial charge in [-0.05, 0) is 48.5 Å². The zero-order valence-electron chi connectivity index (χ0n) is 16.4. The predicted octanol–water partition coefficient (Wildman–Crippen LogP) is 3.88. The Kier molecular flexibility index (Phi) is 4.95. The van der Waals surface area contributed by atoms with Gasteiger partial charge in [-0.1, -0.05) is 0 Å². The van der Waals surface area contributed by atoms with Crippen LogP contribution in [0.2, 0.25) is 0 Å². The van der Waals surface area contributed by atoms with E-state index in [0.717, 1.165) is 17.1 Å². The molecule has 7 nitrogen and oxygen atoms in total. The van der Waals surface area contributed by atoms with E-state index >= 15 is 0 Å². The van der Waals surface area contributed by atoms with Gasteiger partial charge in [0.05, 0.1) is 32.6 Å². The summed E-state index contributed by atoms with van der Waals surface area (Å²) in [5, 5.41) is 3.41. The highest BCUT2D eigenvalue weighted by Crippen LogP contribution is 2.38. The molecule has 4 rings (SSSR count). The average Bonchev–Trinajstić information content (AvgIpc) is 3.05. The number of benzene rings is 2. The lowest BCUT2D eigenvalue weighted by Crippen LogP contribution is -2.32. The number of carbonyl (C=O) groups is 1. The third-order valence-corrected chi connectivity index (χ3v) is 4.84. The van der Waals surface area contributed by atoms with E-state index in [1.807, 2.05) is 42.5 Å². The molecule has 0 aliphatic carbocycles. The van der Waals surface area contributed by atoms with Crippen LogP contribution in [0.3, 0.4) is 0 Å². The van der Waals surface area contributed by atoms with E-state index in [4.69, 9.17) is 14.2 Å². The molecule has 2 heterocycles. The van der Waals surface area contributed by atoms with E-state index in [1.54, 1.807) is 44.6 Å². The van der Waals surface area contributed by atoms with Crippen LogP contribution < -0.4 is 24.4 Å². The molecule has 1 atom stereocenters. The van der Waals surface area contributed by atoms with Crippen molar-refractivity contribution in [3.63, 3.8) is 0 Å². The van der Waals surface area contributed by atoms with E-state index in [2.05, 4.69) is 10.3 Å². The molecule has 3 aromatic rings. The molecule has 1 aliphatic heterocycles. The second kappa shape index (κ2) is 7.71. The maximum Gasteiger partial charge on any atom is 0.262 e. The monoisotopic (exact) mass is 391 g/mol. The van der Waals surface area contributed by atoms with Crippen molar-refractivity contribution in [1.29, 1.82) is 0 Å². The zero-order valence-corrected chi connectivity index (χ0v) is 16.4. The van der Waals surface area contributed by atoms with Crippen LogP contribution in [0.15, 0.2) is 60.8 Å². The maximum atomic E-state index is 13.1. The maximum absolute atomic E-state index is 13.1. The van der Waals surface area contributed by atoms with Crippen LogP contribution in [0.4, 0.5) is 11.4 Å². The minimum Gasteiger partial charge on any atom is -0.497 e. The number of anilines is 2. The summed E-state index contributed by atoms with van der Waals surface area (Å²) in [6.45, 7) is 0. The fourth-order valence-corrected chi connectivity index (χ4v) is 3.41. The zero-order chi connectivity index (χ0) is 20.4. The van der Waals surface area contributed by atoms with Crippen molar-refractivity contribution < 1.29 is 19.0 Å². The topological polar surface area (TPSA) is 72.9 Å². The molecule has 1 amide bonds. The second-order valence-electron chi connectivity index (χ2n) is 6.43. The number of carbonyl (C=O) groups excluding carboxylic acids is 1. The minimum atomic E-state index is -0.467. The first-order chi connectivity index (χ1) is 14.2. The lowest BCUT2D eigenvalue weighted by Gasteiger charge is -2.27. The van der Waals surface area contributed by atoms with Gasteiger partial charge in [0.2, 0.25) is 0 Å². The van der Waals surface area contributed by atoms with Crippen LogP contribution in [0.25, 0.3) is 0 Å². The van der Waals surface area contributed by atoms with E-state index in [-0.39, 0.29) is 5.91 Å². The van der Waals surface area contributed by atoms with Crippen molar-refractivity contribution in [2.24, 2.45) is 0 Å². The van der Waals surface area contributed by atoms with Gasteiger partial charge in [0, 0.05) is 23.6 Å². The number of hydrogen-bond acceptors (Lipinski definition) is 6. The molecule has 0 fully saturated rings. The molecule has 0 saturated carbocycles. The quantitative estimate of drug-likeness (QED) is 0.688. The predicted molar refractivity (Wildman–Crippen MR) is 110 cm³/mol. The van der Waals surface area contributed by atoms with Crippen molar-refractivity contribution >= 4 is 17.3 Å². The Balaban J connectivity index is 1.74. The van der Waals surface area contributed by atoms with Gasteiger partial charge in [-0.2, -0.15) is 0 Å². The molecule has 0 spiro atoms. The van der Waals surface area contributed by atoms with Crippen LogP contribution in [0.1, 0.15) is 22.2 Å². The third kappa shape index (κ3) is 3.31. The van der Waals surface area contributed by atoms with Crippen molar-refractivity contribution in [2.45, 2.75) is 6.17 Å². The van der Waals surface area contributed by atoms with E-state index in [9.17, 15) is 4.79 Å². The molecule has 1 N–H and O–H groups in total. The first kappa shape index (κ1) is 18.6. The van der Waals surface area contributed by atoms with Gasteiger partial charge < -0.3 is 19.5 Å². The molecule has 1 unspecified atom stereocenters. The Morgan fingerprint density at radius 1 is 0.931 bits per heavy atom. The van der Waals surface area contributed by atoms with Gasteiger partial charge in [0.1, 0.15) is 5.75 Å². The lowest BCUT2D eigenvalue weighted by atomic mass is 10.2. The van der Waals surface area contributed by atoms with Gasteiger partial charge in [0.25, 0.3) is 5.91 Å². The van der Waals surface area contributed by atoms with Crippen LogP contribution in [-0.2, 0) is 0 Å². The summed E-state index contributed by atoms with van der Waals surface area (Å²) < 4.78 is 15.9. The highest BCUT2D eigenvalue weighted by Gasteiger charge is 2.39. The standard InChI is InChI=1S/C22H21N3O4/c1-27-16-9-7-15(8-10-16)25-21(20-17(22(25)26)5-4-12-23-20)24-14-6-11-18(28-2)19(13-14)29-3/h4-13,21,24H,1-3H3. The van der Waals surface area contributed by atoms with Gasteiger partial charge in [-0.15, -0.1) is 0 Å². The number of ether oxygens (including phenoxy) is 3. The number of aromatic nitrogens is 1. The average molecular weight is 391 g/mol. The molecule has 2 aromatic carbocycles. The Labute approximate surface area is 168 Å². The molecule has 1 aliphatic rings. The minimum absolute atomic E-state index is 0.115. The highest BCUT2D eigenvalue weighted by atomic mass is 16.5.